The molecular weight excluding hydrogens is 530 g/mol. The van der Waals surface area contributed by atoms with Crippen molar-refractivity contribution in [3.8, 4) is 0 Å². The fourth-order valence-electron chi connectivity index (χ4n) is 7.85. The van der Waals surface area contributed by atoms with Gasteiger partial charge in [0.25, 0.3) is 0 Å². The molecule has 8 unspecified atom stereocenters. The van der Waals surface area contributed by atoms with Gasteiger partial charge in [-0.05, 0) is 68.2 Å². The van der Waals surface area contributed by atoms with Crippen LogP contribution in [0.25, 0.3) is 9.66 Å². The molecule has 182 valence electrons. The van der Waals surface area contributed by atoms with Gasteiger partial charge in [0.15, 0.2) is 0 Å². The molecule has 37 heavy (non-hydrogen) atoms. The summed E-state index contributed by atoms with van der Waals surface area (Å²) in [5, 5.41) is 8.72. The Bertz CT molecular complexity index is 1410. The van der Waals surface area contributed by atoms with Crippen molar-refractivity contribution in [3.05, 3.63) is 69.3 Å². The molecule has 0 N–H and O–H groups in total. The van der Waals surface area contributed by atoms with Crippen LogP contribution in [0.4, 0.5) is 0 Å². The molecule has 2 aromatic carbocycles. The zero-order valence-corrected chi connectivity index (χ0v) is 26.8. The number of aryl methyl sites for hydroxylation is 2. The molecule has 0 aliphatic heterocycles. The van der Waals surface area contributed by atoms with Crippen LogP contribution in [0.3, 0.4) is 0 Å². The number of rotatable bonds is 6. The molecule has 0 saturated heterocycles. The third-order valence-electron chi connectivity index (χ3n) is 9.03. The van der Waals surface area contributed by atoms with Crippen molar-refractivity contribution in [1.29, 1.82) is 0 Å². The molecule has 7 rings (SSSR count). The van der Waals surface area contributed by atoms with Crippen molar-refractivity contribution in [3.63, 3.8) is 0 Å². The minimum Gasteiger partial charge on any atom is -0.491 e. The Balaban J connectivity index is 0.00000140. The summed E-state index contributed by atoms with van der Waals surface area (Å²) in [7, 11) is -7.75. The van der Waals surface area contributed by atoms with Crippen molar-refractivity contribution in [2.45, 2.75) is 30.1 Å². The molecule has 5 fully saturated rings. The van der Waals surface area contributed by atoms with Crippen LogP contribution in [0.15, 0.2) is 68.5 Å². The summed E-state index contributed by atoms with van der Waals surface area (Å²) in [5.74, 6) is 2.31. The SMILES string of the molecule is Cc1ccc(S(=O)(=O)[N-]/N=C2/C3C4CC5C3/C(=N\[N-]S(=O)(=O)c3ccc(C)cc3)C3C2C4C53)cc1.[Na+].[Na+]. The Hall–Kier alpha value is -0.720. The standard InChI is InChI=1S/C25H24N4O4S2.2Na/c1-12-3-7-14(8-4-12)34(30,31)28-26-24-20-16-11-17-19-18(16)22(24)23(19)25(21(17)20)27-29-35(32,33)15-9-5-13(2)6-10-15;;/h3-10,16-23H,11H2,1-2H3;;/q-2;2*+1/b26-24-,27-25+;;. The topological polar surface area (TPSA) is 121 Å². The van der Waals surface area contributed by atoms with Gasteiger partial charge in [-0.2, -0.15) is 0 Å². The van der Waals surface area contributed by atoms with Crippen LogP contribution >= 0.6 is 0 Å². The first-order chi connectivity index (χ1) is 16.7. The molecular formula is C25H24N4Na2O4S2. The summed E-state index contributed by atoms with van der Waals surface area (Å²) in [6.07, 6.45) is 1.07. The summed E-state index contributed by atoms with van der Waals surface area (Å²) in [4.78, 5) is 7.95. The third kappa shape index (κ3) is 3.96. The van der Waals surface area contributed by atoms with E-state index in [2.05, 4.69) is 19.9 Å². The van der Waals surface area contributed by atoms with Gasteiger partial charge in [-0.1, -0.05) is 35.4 Å². The zero-order chi connectivity index (χ0) is 24.3. The van der Waals surface area contributed by atoms with Crippen molar-refractivity contribution in [1.82, 2.24) is 0 Å². The van der Waals surface area contributed by atoms with Crippen molar-refractivity contribution < 1.29 is 76.0 Å². The number of hydrogen-bond donors (Lipinski definition) is 0. The molecule has 0 radical (unpaired) electrons. The fraction of sp³-hybridized carbons (Fsp3) is 0.440. The summed E-state index contributed by atoms with van der Waals surface area (Å²) >= 11 is 0. The smallest absolute Gasteiger partial charge is 0.491 e. The maximum Gasteiger partial charge on any atom is 1.00 e. The molecule has 5 aliphatic carbocycles. The first-order valence-corrected chi connectivity index (χ1v) is 14.8. The predicted molar refractivity (Wildman–Crippen MR) is 131 cm³/mol. The van der Waals surface area contributed by atoms with Crippen LogP contribution in [0, 0.1) is 61.2 Å². The number of nitrogens with zero attached hydrogens (tertiary/aromatic N) is 4. The van der Waals surface area contributed by atoms with E-state index in [1.165, 1.54) is 0 Å². The minimum atomic E-state index is -3.87. The van der Waals surface area contributed by atoms with E-state index in [-0.39, 0.29) is 92.6 Å². The Morgan fingerprint density at radius 2 is 0.973 bits per heavy atom. The second-order valence-corrected chi connectivity index (χ2v) is 13.8. The van der Waals surface area contributed by atoms with Gasteiger partial charge >= 0.3 is 59.1 Å². The van der Waals surface area contributed by atoms with Gasteiger partial charge in [-0.15, -0.1) is 0 Å². The number of benzene rings is 2. The van der Waals surface area contributed by atoms with Crippen LogP contribution in [0.2, 0.25) is 0 Å². The molecule has 2 aromatic rings. The van der Waals surface area contributed by atoms with Crippen molar-refractivity contribution in [2.24, 2.45) is 57.5 Å². The third-order valence-corrected chi connectivity index (χ3v) is 11.4. The molecule has 0 aromatic heterocycles. The van der Waals surface area contributed by atoms with E-state index >= 15 is 0 Å². The van der Waals surface area contributed by atoms with Gasteiger partial charge in [0.2, 0.25) is 0 Å². The van der Waals surface area contributed by atoms with E-state index in [9.17, 15) is 16.8 Å². The van der Waals surface area contributed by atoms with Crippen LogP contribution in [-0.2, 0) is 20.0 Å². The normalized spacial score (nSPS) is 35.8. The van der Waals surface area contributed by atoms with E-state index in [1.54, 1.807) is 48.5 Å². The van der Waals surface area contributed by atoms with Crippen LogP contribution in [0.5, 0.6) is 0 Å². The minimum absolute atomic E-state index is 0. The Morgan fingerprint density at radius 3 is 1.32 bits per heavy atom. The largest absolute Gasteiger partial charge is 1.00 e. The Labute approximate surface area is 261 Å². The zero-order valence-electron chi connectivity index (χ0n) is 21.2. The molecule has 2 bridgehead atoms. The van der Waals surface area contributed by atoms with E-state index in [0.717, 1.165) is 29.0 Å². The maximum absolute atomic E-state index is 12.8. The molecule has 5 aliphatic rings. The quantitative estimate of drug-likeness (QED) is 0.310. The Kier molecular flexibility index (Phi) is 7.10. The van der Waals surface area contributed by atoms with Crippen LogP contribution < -0.4 is 59.1 Å². The summed E-state index contributed by atoms with van der Waals surface area (Å²) in [6, 6.07) is 13.2. The maximum atomic E-state index is 12.8. The van der Waals surface area contributed by atoms with Gasteiger partial charge in [0, 0.05) is 35.1 Å². The second kappa shape index (κ2) is 9.44. The van der Waals surface area contributed by atoms with Crippen molar-refractivity contribution in [2.75, 3.05) is 0 Å². The molecule has 0 heterocycles. The van der Waals surface area contributed by atoms with Crippen molar-refractivity contribution >= 4 is 31.5 Å². The monoisotopic (exact) mass is 554 g/mol. The number of sulfonamides is 2. The summed E-state index contributed by atoms with van der Waals surface area (Å²) in [5.41, 5.74) is 3.70. The molecule has 0 spiro atoms. The molecule has 5 saturated carbocycles. The van der Waals surface area contributed by atoms with Gasteiger partial charge in [-0.25, -0.2) is 16.8 Å². The average molecular weight is 555 g/mol. The average Bonchev–Trinajstić information content (AvgIpc) is 3.36. The molecule has 0 amide bonds. The van der Waals surface area contributed by atoms with Gasteiger partial charge in [-0.3, -0.25) is 0 Å². The van der Waals surface area contributed by atoms with Gasteiger partial charge < -0.3 is 19.9 Å². The van der Waals surface area contributed by atoms with Crippen LogP contribution in [0.1, 0.15) is 17.5 Å². The van der Waals surface area contributed by atoms with Gasteiger partial charge in [0.05, 0.1) is 9.79 Å². The fourth-order valence-corrected chi connectivity index (χ4v) is 9.40. The van der Waals surface area contributed by atoms with E-state index in [1.807, 2.05) is 13.8 Å². The van der Waals surface area contributed by atoms with E-state index in [4.69, 9.17) is 0 Å². The summed E-state index contributed by atoms with van der Waals surface area (Å²) < 4.78 is 51.0. The van der Waals surface area contributed by atoms with E-state index in [0.29, 0.717) is 23.7 Å². The molecule has 8 nitrogen and oxygen atoms in total. The predicted octanol–water partition coefficient (Wildman–Crippen LogP) is -1.76. The van der Waals surface area contributed by atoms with E-state index < -0.39 is 20.0 Å². The van der Waals surface area contributed by atoms with Crippen LogP contribution in [-0.4, -0.2) is 28.3 Å². The van der Waals surface area contributed by atoms with Gasteiger partial charge in [0.1, 0.15) is 20.0 Å². The first kappa shape index (κ1) is 27.8. The number of fused-ring (bicyclic) bond motifs is 2. The molecule has 8 atom stereocenters. The summed E-state index contributed by atoms with van der Waals surface area (Å²) in [6.45, 7) is 3.80. The second-order valence-electron chi connectivity index (χ2n) is 10.6. The first-order valence-electron chi connectivity index (χ1n) is 11.9. The molecule has 12 heteroatoms. The Morgan fingerprint density at radius 1 is 0.622 bits per heavy atom. The number of hydrogen-bond acceptors (Lipinski definition) is 6.